The molecule has 0 bridgehead atoms. The van der Waals surface area contributed by atoms with E-state index in [-0.39, 0.29) is 27.9 Å². The molecule has 0 spiro atoms. The minimum Gasteiger partial charge on any atom is -0.494 e. The molecule has 3 N–H and O–H groups in total. The maximum Gasteiger partial charge on any atom is 0.269 e. The highest BCUT2D eigenvalue weighted by Crippen LogP contribution is 2.33. The first kappa shape index (κ1) is 19.9. The van der Waals surface area contributed by atoms with Crippen LogP contribution in [0, 0.1) is 13.8 Å². The molecule has 0 radical (unpaired) electrons. The number of methoxy groups -OCH3 is 1. The van der Waals surface area contributed by atoms with E-state index in [9.17, 15) is 9.59 Å². The second-order valence-corrected chi connectivity index (χ2v) is 6.46. The molecular formula is C18H19Cl2N3O3. The molecule has 8 heteroatoms. The van der Waals surface area contributed by atoms with Gasteiger partial charge in [-0.1, -0.05) is 40.9 Å². The molecule has 0 atom stereocenters. The fourth-order valence-corrected chi connectivity index (χ4v) is 2.96. The maximum atomic E-state index is 12.1. The molecule has 0 unspecified atom stereocenters. The van der Waals surface area contributed by atoms with Crippen molar-refractivity contribution in [2.24, 2.45) is 0 Å². The zero-order chi connectivity index (χ0) is 19.3. The van der Waals surface area contributed by atoms with Crippen molar-refractivity contribution in [1.29, 1.82) is 0 Å². The summed E-state index contributed by atoms with van der Waals surface area (Å²) in [5.41, 5.74) is 7.87. The summed E-state index contributed by atoms with van der Waals surface area (Å²) in [6.45, 7) is 3.96. The summed E-state index contributed by atoms with van der Waals surface area (Å²) in [7, 11) is 1.43. The Morgan fingerprint density at radius 3 is 2.27 bits per heavy atom. The van der Waals surface area contributed by atoms with E-state index in [2.05, 4.69) is 16.2 Å². The number of rotatable bonds is 5. The van der Waals surface area contributed by atoms with Gasteiger partial charge in [0.1, 0.15) is 0 Å². The van der Waals surface area contributed by atoms with Gasteiger partial charge in [-0.2, -0.15) is 0 Å². The topological polar surface area (TPSA) is 79.5 Å². The number of halogens is 2. The Bertz CT molecular complexity index is 817. The lowest BCUT2D eigenvalue weighted by Gasteiger charge is -2.12. The number of hydrogen-bond donors (Lipinski definition) is 3. The molecule has 0 aliphatic carbocycles. The number of benzene rings is 2. The Balaban J connectivity index is 1.90. The minimum atomic E-state index is -0.545. The fraction of sp³-hybridized carbons (Fsp3) is 0.222. The third-order valence-corrected chi connectivity index (χ3v) is 4.16. The van der Waals surface area contributed by atoms with Crippen molar-refractivity contribution < 1.29 is 14.3 Å². The molecule has 0 saturated heterocycles. The molecule has 0 fully saturated rings. The molecule has 2 aromatic rings. The maximum absolute atomic E-state index is 12.1. The molecule has 2 aromatic carbocycles. The Kier molecular flexibility index (Phi) is 6.71. The number of amides is 2. The summed E-state index contributed by atoms with van der Waals surface area (Å²) in [5, 5.41) is 3.42. The van der Waals surface area contributed by atoms with Gasteiger partial charge in [-0.05, 0) is 37.6 Å². The second-order valence-electron chi connectivity index (χ2n) is 5.65. The first-order valence-electron chi connectivity index (χ1n) is 7.75. The van der Waals surface area contributed by atoms with Crippen molar-refractivity contribution in [2.75, 3.05) is 19.0 Å². The van der Waals surface area contributed by atoms with E-state index in [4.69, 9.17) is 27.9 Å². The van der Waals surface area contributed by atoms with Gasteiger partial charge in [0.25, 0.3) is 11.8 Å². The average molecular weight is 396 g/mol. The van der Waals surface area contributed by atoms with Gasteiger partial charge in [0.2, 0.25) is 0 Å². The Hall–Kier alpha value is -2.44. The predicted octanol–water partition coefficient (Wildman–Crippen LogP) is 3.49. The van der Waals surface area contributed by atoms with Crippen LogP contribution in [0.1, 0.15) is 21.5 Å². The van der Waals surface area contributed by atoms with Crippen LogP contribution in [0.25, 0.3) is 0 Å². The molecule has 2 amide bonds. The summed E-state index contributed by atoms with van der Waals surface area (Å²) in [6, 6.07) is 8.67. The van der Waals surface area contributed by atoms with Crippen LogP contribution in [0.4, 0.5) is 5.69 Å². The first-order valence-corrected chi connectivity index (χ1v) is 8.50. The number of aryl methyl sites for hydroxylation is 2. The van der Waals surface area contributed by atoms with Crippen molar-refractivity contribution in [3.8, 4) is 5.75 Å². The number of hydrogen-bond acceptors (Lipinski definition) is 4. The van der Waals surface area contributed by atoms with Crippen molar-refractivity contribution in [1.82, 2.24) is 10.9 Å². The fourth-order valence-electron chi connectivity index (χ4n) is 2.32. The van der Waals surface area contributed by atoms with E-state index >= 15 is 0 Å². The highest BCUT2D eigenvalue weighted by Gasteiger charge is 2.14. The number of hydrazine groups is 1. The predicted molar refractivity (Wildman–Crippen MR) is 103 cm³/mol. The number of anilines is 1. The number of nitrogens with one attached hydrogen (secondary N) is 3. The number of carbonyl (C=O) groups is 2. The molecular weight excluding hydrogens is 377 g/mol. The third-order valence-electron chi connectivity index (χ3n) is 3.60. The van der Waals surface area contributed by atoms with E-state index in [1.54, 1.807) is 0 Å². The molecule has 0 aromatic heterocycles. The van der Waals surface area contributed by atoms with Crippen molar-refractivity contribution in [2.45, 2.75) is 13.8 Å². The van der Waals surface area contributed by atoms with E-state index in [1.807, 2.05) is 32.0 Å². The van der Waals surface area contributed by atoms with Crippen LogP contribution < -0.4 is 20.9 Å². The lowest BCUT2D eigenvalue weighted by molar-refractivity contribution is -0.120. The largest absolute Gasteiger partial charge is 0.494 e. The summed E-state index contributed by atoms with van der Waals surface area (Å²) in [5.74, 6) is -0.660. The molecule has 6 nitrogen and oxygen atoms in total. The van der Waals surface area contributed by atoms with Gasteiger partial charge in [-0.3, -0.25) is 20.4 Å². The van der Waals surface area contributed by atoms with Gasteiger partial charge in [0.15, 0.2) is 5.75 Å². The zero-order valence-corrected chi connectivity index (χ0v) is 16.1. The van der Waals surface area contributed by atoms with Crippen LogP contribution in [0.15, 0.2) is 30.3 Å². The van der Waals surface area contributed by atoms with E-state index in [0.29, 0.717) is 0 Å². The summed E-state index contributed by atoms with van der Waals surface area (Å²) in [6.07, 6.45) is 0. The number of carbonyl (C=O) groups excluding carboxylic acids is 2. The average Bonchev–Trinajstić information content (AvgIpc) is 2.58. The third kappa shape index (κ3) is 5.03. The Morgan fingerprint density at radius 2 is 1.69 bits per heavy atom. The van der Waals surface area contributed by atoms with Crippen molar-refractivity contribution >= 4 is 40.7 Å². The Labute approximate surface area is 161 Å². The summed E-state index contributed by atoms with van der Waals surface area (Å²) < 4.78 is 5.03. The summed E-state index contributed by atoms with van der Waals surface area (Å²) >= 11 is 12.0. The van der Waals surface area contributed by atoms with Crippen LogP contribution in [-0.2, 0) is 4.79 Å². The van der Waals surface area contributed by atoms with E-state index in [0.717, 1.165) is 16.8 Å². The monoisotopic (exact) mass is 395 g/mol. The van der Waals surface area contributed by atoms with Crippen LogP contribution in [0.5, 0.6) is 5.75 Å². The van der Waals surface area contributed by atoms with Crippen LogP contribution in [0.3, 0.4) is 0 Å². The van der Waals surface area contributed by atoms with Crippen molar-refractivity contribution in [3.63, 3.8) is 0 Å². The lowest BCUT2D eigenvalue weighted by atomic mass is 10.1. The standard InChI is InChI=1S/C18H19Cl2N3O3/c1-10-4-5-15(11(2)6-10)21-9-16(24)22-23-18(25)12-7-13(19)17(26-3)14(20)8-12/h4-8,21H,9H2,1-3H3,(H,22,24)(H,23,25). The van der Waals surface area contributed by atoms with Gasteiger partial charge < -0.3 is 10.1 Å². The van der Waals surface area contributed by atoms with Crippen molar-refractivity contribution in [3.05, 3.63) is 57.1 Å². The summed E-state index contributed by atoms with van der Waals surface area (Å²) in [4.78, 5) is 24.0. The smallest absolute Gasteiger partial charge is 0.269 e. The SMILES string of the molecule is COc1c(Cl)cc(C(=O)NNC(=O)CNc2ccc(C)cc2C)cc1Cl. The van der Waals surface area contributed by atoms with Crippen LogP contribution >= 0.6 is 23.2 Å². The highest BCUT2D eigenvalue weighted by molar-refractivity contribution is 6.37. The quantitative estimate of drug-likeness (QED) is 0.676. The highest BCUT2D eigenvalue weighted by atomic mass is 35.5. The van der Waals surface area contributed by atoms with E-state index < -0.39 is 11.8 Å². The molecule has 0 heterocycles. The van der Waals surface area contributed by atoms with E-state index in [1.165, 1.54) is 19.2 Å². The number of ether oxygens (including phenoxy) is 1. The van der Waals surface area contributed by atoms with Gasteiger partial charge in [-0.25, -0.2) is 0 Å². The first-order chi connectivity index (χ1) is 12.3. The van der Waals surface area contributed by atoms with Gasteiger partial charge in [0.05, 0.1) is 23.7 Å². The molecule has 2 rings (SSSR count). The molecule has 138 valence electrons. The van der Waals surface area contributed by atoms with Crippen LogP contribution in [-0.4, -0.2) is 25.5 Å². The Morgan fingerprint density at radius 1 is 1.04 bits per heavy atom. The second kappa shape index (κ2) is 8.78. The molecule has 0 aliphatic heterocycles. The zero-order valence-electron chi connectivity index (χ0n) is 14.6. The van der Waals surface area contributed by atoms with Gasteiger partial charge >= 0.3 is 0 Å². The van der Waals surface area contributed by atoms with Gasteiger partial charge in [-0.15, -0.1) is 0 Å². The minimum absolute atomic E-state index is 0.00824. The molecule has 0 saturated carbocycles. The molecule has 26 heavy (non-hydrogen) atoms. The van der Waals surface area contributed by atoms with Gasteiger partial charge in [0, 0.05) is 11.3 Å². The van der Waals surface area contributed by atoms with Crippen LogP contribution in [0.2, 0.25) is 10.0 Å². The molecule has 0 aliphatic rings. The normalized spacial score (nSPS) is 10.2. The lowest BCUT2D eigenvalue weighted by Crippen LogP contribution is -2.44.